The van der Waals surface area contributed by atoms with Crippen LogP contribution in [0.15, 0.2) is 24.3 Å². The van der Waals surface area contributed by atoms with E-state index in [1.807, 2.05) is 0 Å². The van der Waals surface area contributed by atoms with Gasteiger partial charge in [-0.05, 0) is 37.8 Å². The summed E-state index contributed by atoms with van der Waals surface area (Å²) in [5, 5.41) is 15.8. The molecule has 1 aromatic carbocycles. The first kappa shape index (κ1) is 16.9. The molecule has 0 bridgehead atoms. The summed E-state index contributed by atoms with van der Waals surface area (Å²) in [5.41, 5.74) is 1.78. The molecular weight excluding hydrogens is 284 g/mol. The lowest BCUT2D eigenvalue weighted by Gasteiger charge is -2.35. The van der Waals surface area contributed by atoms with E-state index in [0.29, 0.717) is 6.04 Å². The molecule has 3 nitrogen and oxygen atoms in total. The average Bonchev–Trinajstić information content (AvgIpc) is 2.81. The normalized spacial score (nSPS) is 26.2. The van der Waals surface area contributed by atoms with Gasteiger partial charge in [-0.3, -0.25) is 4.90 Å². The minimum absolute atomic E-state index is 0.281. The van der Waals surface area contributed by atoms with Crippen molar-refractivity contribution in [2.24, 2.45) is 0 Å². The minimum Gasteiger partial charge on any atom is -0.385 e. The van der Waals surface area contributed by atoms with Gasteiger partial charge in [0.15, 0.2) is 0 Å². The second-order valence-electron chi connectivity index (χ2n) is 7.58. The van der Waals surface area contributed by atoms with Crippen molar-refractivity contribution in [2.45, 2.75) is 70.1 Å². The third kappa shape index (κ3) is 3.96. The molecule has 1 radical (unpaired) electrons. The van der Waals surface area contributed by atoms with Crippen LogP contribution < -0.4 is 5.32 Å². The smallest absolute Gasteiger partial charge is 0.0896 e. The van der Waals surface area contributed by atoms with Crippen LogP contribution in [0.1, 0.15) is 69.5 Å². The van der Waals surface area contributed by atoms with Gasteiger partial charge in [0, 0.05) is 25.7 Å². The van der Waals surface area contributed by atoms with Gasteiger partial charge in [-0.15, -0.1) is 0 Å². The number of rotatable bonds is 3. The lowest BCUT2D eigenvalue weighted by molar-refractivity contribution is 0.0207. The Labute approximate surface area is 141 Å². The molecule has 0 spiro atoms. The van der Waals surface area contributed by atoms with E-state index >= 15 is 0 Å². The molecule has 1 saturated heterocycles. The van der Waals surface area contributed by atoms with Crippen LogP contribution in [0.3, 0.4) is 0 Å². The first-order chi connectivity index (χ1) is 11.1. The van der Waals surface area contributed by atoms with Gasteiger partial charge in [-0.1, -0.05) is 49.9 Å². The van der Waals surface area contributed by atoms with E-state index in [9.17, 15) is 5.11 Å². The Bertz CT molecular complexity index is 489. The third-order valence-corrected chi connectivity index (χ3v) is 5.64. The summed E-state index contributed by atoms with van der Waals surface area (Å²) in [6, 6.07) is 9.53. The average molecular weight is 315 g/mol. The molecule has 1 aliphatic carbocycles. The zero-order valence-corrected chi connectivity index (χ0v) is 14.7. The summed E-state index contributed by atoms with van der Waals surface area (Å²) < 4.78 is 0. The molecule has 1 saturated carbocycles. The molecule has 2 fully saturated rings. The van der Waals surface area contributed by atoms with Crippen LogP contribution in [0.4, 0.5) is 0 Å². The molecule has 0 aromatic heterocycles. The molecule has 1 unspecified atom stereocenters. The van der Waals surface area contributed by atoms with Crippen molar-refractivity contribution in [3.63, 3.8) is 0 Å². The van der Waals surface area contributed by atoms with E-state index in [4.69, 9.17) is 5.32 Å². The Hall–Kier alpha value is -0.900. The predicted octanol–water partition coefficient (Wildman–Crippen LogP) is 3.60. The molecule has 1 aromatic rings. The van der Waals surface area contributed by atoms with Gasteiger partial charge in [0.05, 0.1) is 11.6 Å². The summed E-state index contributed by atoms with van der Waals surface area (Å²) in [5.74, 6) is 0. The van der Waals surface area contributed by atoms with E-state index in [1.54, 1.807) is 0 Å². The van der Waals surface area contributed by atoms with Gasteiger partial charge < -0.3 is 5.11 Å². The van der Waals surface area contributed by atoms with E-state index in [0.717, 1.165) is 50.9 Å². The zero-order chi connectivity index (χ0) is 16.3. The second-order valence-corrected chi connectivity index (χ2v) is 7.58. The van der Waals surface area contributed by atoms with Gasteiger partial charge in [-0.2, -0.15) is 0 Å². The lowest BCUT2D eigenvalue weighted by atomic mass is 9.85. The number of hydrogen-bond donors (Lipinski definition) is 1. The molecule has 23 heavy (non-hydrogen) atoms. The van der Waals surface area contributed by atoms with E-state index in [2.05, 4.69) is 43.0 Å². The first-order valence-corrected chi connectivity index (χ1v) is 9.32. The summed E-state index contributed by atoms with van der Waals surface area (Å²) in [4.78, 5) is 2.50. The standard InChI is InChI=1S/C20H31N2O/c1-16(2)22-14-13-21-19(15-22)17-7-9-18(10-8-17)20(23)11-5-3-4-6-12-20/h7-10,16,19,23H,3-6,11-15H2,1-2H3. The second kappa shape index (κ2) is 7.33. The maximum absolute atomic E-state index is 11.0. The van der Waals surface area contributed by atoms with Crippen molar-refractivity contribution in [2.75, 3.05) is 19.6 Å². The topological polar surface area (TPSA) is 37.6 Å². The fourth-order valence-electron chi connectivity index (χ4n) is 4.01. The Morgan fingerprint density at radius 2 is 1.74 bits per heavy atom. The van der Waals surface area contributed by atoms with Gasteiger partial charge in [-0.25, -0.2) is 5.32 Å². The number of nitrogens with zero attached hydrogens (tertiary/aromatic N) is 2. The largest absolute Gasteiger partial charge is 0.385 e. The van der Waals surface area contributed by atoms with Gasteiger partial charge in [0.2, 0.25) is 0 Å². The highest BCUT2D eigenvalue weighted by Crippen LogP contribution is 2.36. The highest BCUT2D eigenvalue weighted by atomic mass is 16.3. The zero-order valence-electron chi connectivity index (χ0n) is 14.7. The highest BCUT2D eigenvalue weighted by molar-refractivity contribution is 5.29. The molecule has 1 N–H and O–H groups in total. The Balaban J connectivity index is 1.71. The maximum Gasteiger partial charge on any atom is 0.0896 e. The van der Waals surface area contributed by atoms with Crippen LogP contribution in [-0.2, 0) is 5.60 Å². The SMILES string of the molecule is CC(C)N1CC[N]C(c2ccc(C3(O)CCCCCC3)cc2)C1. The molecule has 2 aliphatic rings. The first-order valence-electron chi connectivity index (χ1n) is 9.32. The predicted molar refractivity (Wildman–Crippen MR) is 94.5 cm³/mol. The minimum atomic E-state index is -0.608. The monoisotopic (exact) mass is 315 g/mol. The highest BCUT2D eigenvalue weighted by Gasteiger charge is 2.30. The third-order valence-electron chi connectivity index (χ3n) is 5.64. The summed E-state index contributed by atoms with van der Waals surface area (Å²) in [6.45, 7) is 7.53. The molecule has 3 heteroatoms. The van der Waals surface area contributed by atoms with Gasteiger partial charge in [0.25, 0.3) is 0 Å². The quantitative estimate of drug-likeness (QED) is 0.866. The van der Waals surface area contributed by atoms with E-state index < -0.39 is 5.60 Å². The lowest BCUT2D eigenvalue weighted by Crippen LogP contribution is -2.45. The molecule has 1 aliphatic heterocycles. The molecule has 3 rings (SSSR count). The van der Waals surface area contributed by atoms with Crippen molar-refractivity contribution in [3.05, 3.63) is 35.4 Å². The van der Waals surface area contributed by atoms with Crippen LogP contribution in [-0.4, -0.2) is 35.7 Å². The van der Waals surface area contributed by atoms with Crippen molar-refractivity contribution in [3.8, 4) is 0 Å². The van der Waals surface area contributed by atoms with Crippen LogP contribution in [0, 0.1) is 0 Å². The Morgan fingerprint density at radius 1 is 1.09 bits per heavy atom. The Morgan fingerprint density at radius 3 is 2.35 bits per heavy atom. The van der Waals surface area contributed by atoms with E-state index in [1.165, 1.54) is 18.4 Å². The van der Waals surface area contributed by atoms with E-state index in [-0.39, 0.29) is 6.04 Å². The van der Waals surface area contributed by atoms with Gasteiger partial charge >= 0.3 is 0 Å². The number of aliphatic hydroxyl groups is 1. The van der Waals surface area contributed by atoms with Crippen LogP contribution in [0.5, 0.6) is 0 Å². The number of piperazine rings is 1. The number of hydrogen-bond acceptors (Lipinski definition) is 2. The molecular formula is C20H31N2O. The summed E-state index contributed by atoms with van der Waals surface area (Å²) >= 11 is 0. The van der Waals surface area contributed by atoms with Crippen LogP contribution >= 0.6 is 0 Å². The fourth-order valence-corrected chi connectivity index (χ4v) is 4.01. The Kier molecular flexibility index (Phi) is 5.40. The number of benzene rings is 1. The molecule has 127 valence electrons. The molecule has 1 atom stereocenters. The van der Waals surface area contributed by atoms with Crippen LogP contribution in [0.2, 0.25) is 0 Å². The summed E-state index contributed by atoms with van der Waals surface area (Å²) in [6.07, 6.45) is 6.60. The van der Waals surface area contributed by atoms with Gasteiger partial charge in [0.1, 0.15) is 0 Å². The fraction of sp³-hybridized carbons (Fsp3) is 0.700. The van der Waals surface area contributed by atoms with Crippen molar-refractivity contribution in [1.82, 2.24) is 10.2 Å². The van der Waals surface area contributed by atoms with Crippen molar-refractivity contribution >= 4 is 0 Å². The maximum atomic E-state index is 11.0. The molecule has 0 amide bonds. The van der Waals surface area contributed by atoms with Crippen LogP contribution in [0.25, 0.3) is 0 Å². The van der Waals surface area contributed by atoms with Crippen molar-refractivity contribution in [1.29, 1.82) is 0 Å². The summed E-state index contributed by atoms with van der Waals surface area (Å²) in [7, 11) is 0. The van der Waals surface area contributed by atoms with Crippen molar-refractivity contribution < 1.29 is 5.11 Å². The molecule has 1 heterocycles.